The number of hydrogen-bond acceptors (Lipinski definition) is 4. The van der Waals surface area contributed by atoms with Gasteiger partial charge in [0.2, 0.25) is 5.91 Å². The van der Waals surface area contributed by atoms with Crippen LogP contribution >= 0.6 is 0 Å². The Morgan fingerprint density at radius 2 is 1.76 bits per heavy atom. The lowest BCUT2D eigenvalue weighted by atomic mass is 9.96. The van der Waals surface area contributed by atoms with Crippen LogP contribution in [0.5, 0.6) is 0 Å². The Kier molecular flexibility index (Phi) is 8.85. The van der Waals surface area contributed by atoms with E-state index in [1.807, 2.05) is 32.9 Å². The number of aliphatic imine (C=N–C) groups is 1. The van der Waals surface area contributed by atoms with Crippen LogP contribution in [0.25, 0.3) is 0 Å². The zero-order valence-corrected chi connectivity index (χ0v) is 17.9. The van der Waals surface area contributed by atoms with Gasteiger partial charge < -0.3 is 20.7 Å². The molecule has 7 nitrogen and oxygen atoms in total. The summed E-state index contributed by atoms with van der Waals surface area (Å²) < 4.78 is 18.8. The van der Waals surface area contributed by atoms with Gasteiger partial charge in [-0.15, -0.1) is 0 Å². The molecule has 1 aromatic rings. The lowest BCUT2D eigenvalue weighted by Gasteiger charge is -2.35. The molecular weight excluding hydrogens is 373 g/mol. The third-order valence-corrected chi connectivity index (χ3v) is 4.81. The zero-order valence-electron chi connectivity index (χ0n) is 17.9. The number of guanidine groups is 1. The molecule has 0 aromatic heterocycles. The molecule has 1 atom stereocenters. The summed E-state index contributed by atoms with van der Waals surface area (Å²) in [5.74, 6) is 0.443. The summed E-state index contributed by atoms with van der Waals surface area (Å²) in [7, 11) is 1.71. The molecule has 0 radical (unpaired) electrons. The number of benzene rings is 1. The Balaban J connectivity index is 1.89. The van der Waals surface area contributed by atoms with E-state index in [0.717, 1.165) is 18.7 Å². The highest BCUT2D eigenvalue weighted by Gasteiger charge is 2.23. The highest BCUT2D eigenvalue weighted by atomic mass is 19.1. The maximum Gasteiger partial charge on any atom is 0.225 e. The topological polar surface area (TPSA) is 78.0 Å². The number of halogens is 1. The Hall–Kier alpha value is -2.19. The molecule has 8 heteroatoms. The first-order valence-corrected chi connectivity index (χ1v) is 10.1. The SMILES string of the molecule is CN=C(NCCNC(=O)C(C)(C)C)NCC(c1ccc(F)cc1)N1CCOCC1. The van der Waals surface area contributed by atoms with Gasteiger partial charge in [-0.25, -0.2) is 4.39 Å². The Labute approximate surface area is 173 Å². The predicted octanol–water partition coefficient (Wildman–Crippen LogP) is 1.53. The predicted molar refractivity (Wildman–Crippen MR) is 113 cm³/mol. The van der Waals surface area contributed by atoms with Crippen LogP contribution in [0.4, 0.5) is 4.39 Å². The number of carbonyl (C=O) groups is 1. The van der Waals surface area contributed by atoms with Gasteiger partial charge in [0.05, 0.1) is 19.3 Å². The number of morpholine rings is 1. The molecule has 0 saturated carbocycles. The minimum atomic E-state index is -0.402. The lowest BCUT2D eigenvalue weighted by molar-refractivity contribution is -0.128. The number of carbonyl (C=O) groups excluding carboxylic acids is 1. The Morgan fingerprint density at radius 3 is 2.34 bits per heavy atom. The number of rotatable bonds is 7. The van der Waals surface area contributed by atoms with Crippen molar-refractivity contribution in [1.29, 1.82) is 0 Å². The van der Waals surface area contributed by atoms with Gasteiger partial charge in [-0.1, -0.05) is 32.9 Å². The van der Waals surface area contributed by atoms with Gasteiger partial charge in [-0.05, 0) is 17.7 Å². The van der Waals surface area contributed by atoms with Gasteiger partial charge in [0.25, 0.3) is 0 Å². The Morgan fingerprint density at radius 1 is 1.14 bits per heavy atom. The fourth-order valence-electron chi connectivity index (χ4n) is 3.07. The van der Waals surface area contributed by atoms with Crippen molar-refractivity contribution in [2.45, 2.75) is 26.8 Å². The molecule has 1 unspecified atom stereocenters. The van der Waals surface area contributed by atoms with Crippen molar-refractivity contribution in [1.82, 2.24) is 20.9 Å². The molecule has 1 aromatic carbocycles. The molecule has 3 N–H and O–H groups in total. The molecular formula is C21H34FN5O2. The monoisotopic (exact) mass is 407 g/mol. The van der Waals surface area contributed by atoms with Gasteiger partial charge in [0.15, 0.2) is 5.96 Å². The summed E-state index contributed by atoms with van der Waals surface area (Å²) in [4.78, 5) is 18.5. The highest BCUT2D eigenvalue weighted by molar-refractivity contribution is 5.81. The van der Waals surface area contributed by atoms with Gasteiger partial charge in [-0.3, -0.25) is 14.7 Å². The molecule has 1 saturated heterocycles. The zero-order chi connectivity index (χ0) is 21.3. The summed E-state index contributed by atoms with van der Waals surface area (Å²) in [6.07, 6.45) is 0. The third-order valence-electron chi connectivity index (χ3n) is 4.81. The number of nitrogens with zero attached hydrogens (tertiary/aromatic N) is 2. The van der Waals surface area contributed by atoms with Crippen molar-refractivity contribution in [2.24, 2.45) is 10.4 Å². The van der Waals surface area contributed by atoms with Crippen LogP contribution in [-0.4, -0.2) is 69.8 Å². The van der Waals surface area contributed by atoms with Crippen molar-refractivity contribution in [3.8, 4) is 0 Å². The normalized spacial score (nSPS) is 16.9. The average Bonchev–Trinajstić information content (AvgIpc) is 2.70. The quantitative estimate of drug-likeness (QED) is 0.363. The van der Waals surface area contributed by atoms with E-state index in [9.17, 15) is 9.18 Å². The maximum atomic E-state index is 13.4. The number of hydrogen-bond donors (Lipinski definition) is 3. The van der Waals surface area contributed by atoms with Crippen LogP contribution in [-0.2, 0) is 9.53 Å². The second kappa shape index (κ2) is 11.1. The minimum Gasteiger partial charge on any atom is -0.379 e. The third kappa shape index (κ3) is 7.62. The standard InChI is InChI=1S/C21H34FN5O2/c1-21(2,3)19(28)24-9-10-25-20(23-4)26-15-18(27-11-13-29-14-12-27)16-5-7-17(22)8-6-16/h5-8,18H,9-15H2,1-4H3,(H,24,28)(H2,23,25,26). The minimum absolute atomic E-state index is 0.0194. The van der Waals surface area contributed by atoms with Crippen molar-refractivity contribution in [3.63, 3.8) is 0 Å². The van der Waals surface area contributed by atoms with E-state index in [4.69, 9.17) is 4.74 Å². The van der Waals surface area contributed by atoms with Crippen molar-refractivity contribution < 1.29 is 13.9 Å². The van der Waals surface area contributed by atoms with Gasteiger partial charge in [0, 0.05) is 45.2 Å². The summed E-state index contributed by atoms with van der Waals surface area (Å²) in [5.41, 5.74) is 0.647. The van der Waals surface area contributed by atoms with E-state index in [1.54, 1.807) is 7.05 Å². The van der Waals surface area contributed by atoms with Crippen molar-refractivity contribution >= 4 is 11.9 Å². The van der Waals surface area contributed by atoms with Crippen molar-refractivity contribution in [2.75, 3.05) is 53.0 Å². The van der Waals surface area contributed by atoms with Crippen LogP contribution in [0.15, 0.2) is 29.3 Å². The summed E-state index contributed by atoms with van der Waals surface area (Å²) in [6, 6.07) is 6.73. The van der Waals surface area contributed by atoms with Gasteiger partial charge in [0.1, 0.15) is 5.82 Å². The van der Waals surface area contributed by atoms with Gasteiger partial charge in [-0.2, -0.15) is 0 Å². The molecule has 0 bridgehead atoms. The summed E-state index contributed by atoms with van der Waals surface area (Å²) in [6.45, 7) is 10.4. The molecule has 1 aliphatic rings. The summed E-state index contributed by atoms with van der Waals surface area (Å²) >= 11 is 0. The average molecular weight is 408 g/mol. The summed E-state index contributed by atoms with van der Waals surface area (Å²) in [5, 5.41) is 9.47. The van der Waals surface area contributed by atoms with E-state index in [2.05, 4.69) is 25.8 Å². The van der Waals surface area contributed by atoms with Crippen LogP contribution in [0.3, 0.4) is 0 Å². The molecule has 1 aliphatic heterocycles. The molecule has 0 spiro atoms. The molecule has 29 heavy (non-hydrogen) atoms. The van der Waals surface area contributed by atoms with Gasteiger partial charge >= 0.3 is 0 Å². The molecule has 1 amide bonds. The number of amides is 1. The molecule has 0 aliphatic carbocycles. The largest absolute Gasteiger partial charge is 0.379 e. The van der Waals surface area contributed by atoms with Crippen molar-refractivity contribution in [3.05, 3.63) is 35.6 Å². The molecule has 2 rings (SSSR count). The lowest BCUT2D eigenvalue weighted by Crippen LogP contribution is -2.47. The van der Waals surface area contributed by atoms with Crippen LogP contribution in [0.2, 0.25) is 0 Å². The second-order valence-corrected chi connectivity index (χ2v) is 8.10. The van der Waals surface area contributed by atoms with Crippen LogP contribution in [0.1, 0.15) is 32.4 Å². The van der Waals surface area contributed by atoms with E-state index in [0.29, 0.717) is 38.8 Å². The Bertz CT molecular complexity index is 667. The smallest absolute Gasteiger partial charge is 0.225 e. The number of ether oxygens (including phenoxy) is 1. The van der Waals surface area contributed by atoms with E-state index in [-0.39, 0.29) is 17.8 Å². The first-order valence-electron chi connectivity index (χ1n) is 10.1. The maximum absolute atomic E-state index is 13.4. The van der Waals surface area contributed by atoms with E-state index < -0.39 is 5.41 Å². The molecule has 162 valence electrons. The van der Waals surface area contributed by atoms with Crippen LogP contribution < -0.4 is 16.0 Å². The first kappa shape index (κ1) is 23.1. The van der Waals surface area contributed by atoms with Crippen LogP contribution in [0, 0.1) is 11.2 Å². The molecule has 1 fully saturated rings. The first-order chi connectivity index (χ1) is 13.8. The number of nitrogens with one attached hydrogen (secondary N) is 3. The second-order valence-electron chi connectivity index (χ2n) is 8.10. The molecule has 1 heterocycles. The highest BCUT2D eigenvalue weighted by Crippen LogP contribution is 2.21. The fraction of sp³-hybridized carbons (Fsp3) is 0.619. The van der Waals surface area contributed by atoms with E-state index in [1.165, 1.54) is 12.1 Å². The fourth-order valence-corrected chi connectivity index (χ4v) is 3.07. The van der Waals surface area contributed by atoms with E-state index >= 15 is 0 Å².